The molecule has 0 fully saturated rings. The lowest BCUT2D eigenvalue weighted by Gasteiger charge is -1.99. The molecule has 0 spiro atoms. The Bertz CT molecular complexity index is 358. The second kappa shape index (κ2) is 6.61. The summed E-state index contributed by atoms with van der Waals surface area (Å²) in [5.74, 6) is 0. The third-order valence-electron chi connectivity index (χ3n) is 2.03. The molecule has 4 nitrogen and oxygen atoms in total. The van der Waals surface area contributed by atoms with Crippen LogP contribution in [0.4, 0.5) is 4.79 Å². The minimum atomic E-state index is -0.538. The highest BCUT2D eigenvalue weighted by Crippen LogP contribution is 2.02. The van der Waals surface area contributed by atoms with E-state index in [2.05, 4.69) is 22.2 Å². The van der Waals surface area contributed by atoms with Crippen LogP contribution in [0.3, 0.4) is 0 Å². The van der Waals surface area contributed by atoms with E-state index < -0.39 is 6.09 Å². The molecular weight excluding hydrogens is 204 g/mol. The lowest BCUT2D eigenvalue weighted by Crippen LogP contribution is -2.18. The van der Waals surface area contributed by atoms with Crippen molar-refractivity contribution in [3.05, 3.63) is 35.4 Å². The maximum Gasteiger partial charge on any atom is 0.427 e. The molecule has 1 aromatic rings. The number of carbonyl (C=O) groups is 1. The number of benzene rings is 1. The molecule has 1 amide bonds. The lowest BCUT2D eigenvalue weighted by molar-refractivity contribution is 0.152. The number of rotatable bonds is 4. The summed E-state index contributed by atoms with van der Waals surface area (Å²) in [5.41, 5.74) is 4.48. The van der Waals surface area contributed by atoms with Gasteiger partial charge in [0.15, 0.2) is 0 Å². The standard InChI is InChI=1S/C12H16N2O2/c1-3-10-5-7-11(8-6-10)9-13-14-12(15)16-4-2/h5-9H,3-4H2,1-2H3,(H,14,15)/b13-9-. The molecule has 0 atom stereocenters. The molecular formula is C12H16N2O2. The van der Waals surface area contributed by atoms with Gasteiger partial charge in [-0.1, -0.05) is 31.2 Å². The Balaban J connectivity index is 2.46. The second-order valence-electron chi connectivity index (χ2n) is 3.19. The minimum absolute atomic E-state index is 0.340. The van der Waals surface area contributed by atoms with Gasteiger partial charge < -0.3 is 4.74 Å². The average Bonchev–Trinajstić information content (AvgIpc) is 2.30. The Morgan fingerprint density at radius 3 is 2.62 bits per heavy atom. The van der Waals surface area contributed by atoms with E-state index in [0.29, 0.717) is 6.61 Å². The zero-order chi connectivity index (χ0) is 11.8. The summed E-state index contributed by atoms with van der Waals surface area (Å²) in [4.78, 5) is 10.9. The summed E-state index contributed by atoms with van der Waals surface area (Å²) in [6.07, 6.45) is 2.05. The van der Waals surface area contributed by atoms with E-state index in [9.17, 15) is 4.79 Å². The molecule has 0 aromatic heterocycles. The highest BCUT2D eigenvalue weighted by atomic mass is 16.5. The monoisotopic (exact) mass is 220 g/mol. The predicted molar refractivity (Wildman–Crippen MR) is 63.6 cm³/mol. The summed E-state index contributed by atoms with van der Waals surface area (Å²) >= 11 is 0. The van der Waals surface area contributed by atoms with Crippen LogP contribution >= 0.6 is 0 Å². The first kappa shape index (κ1) is 12.2. The Morgan fingerprint density at radius 2 is 2.06 bits per heavy atom. The zero-order valence-corrected chi connectivity index (χ0v) is 9.56. The van der Waals surface area contributed by atoms with Crippen molar-refractivity contribution in [2.45, 2.75) is 20.3 Å². The van der Waals surface area contributed by atoms with Crippen molar-refractivity contribution in [1.82, 2.24) is 5.43 Å². The normalized spacial score (nSPS) is 10.4. The van der Waals surface area contributed by atoms with Crippen LogP contribution in [0.5, 0.6) is 0 Å². The number of nitrogens with zero attached hydrogens (tertiary/aromatic N) is 1. The van der Waals surface area contributed by atoms with Gasteiger partial charge in [0, 0.05) is 0 Å². The zero-order valence-electron chi connectivity index (χ0n) is 9.56. The molecule has 0 radical (unpaired) electrons. The van der Waals surface area contributed by atoms with Crippen LogP contribution < -0.4 is 5.43 Å². The van der Waals surface area contributed by atoms with E-state index in [-0.39, 0.29) is 0 Å². The molecule has 1 aromatic carbocycles. The van der Waals surface area contributed by atoms with Gasteiger partial charge in [-0.3, -0.25) is 0 Å². The van der Waals surface area contributed by atoms with E-state index in [1.54, 1.807) is 13.1 Å². The van der Waals surface area contributed by atoms with Crippen LogP contribution in [-0.2, 0) is 11.2 Å². The second-order valence-corrected chi connectivity index (χ2v) is 3.19. The first-order valence-electron chi connectivity index (χ1n) is 5.31. The Kier molecular flexibility index (Phi) is 5.05. The fourth-order valence-electron chi connectivity index (χ4n) is 1.16. The fourth-order valence-corrected chi connectivity index (χ4v) is 1.16. The van der Waals surface area contributed by atoms with E-state index >= 15 is 0 Å². The number of hydrogen-bond donors (Lipinski definition) is 1. The molecule has 4 heteroatoms. The Morgan fingerprint density at radius 1 is 1.38 bits per heavy atom. The van der Waals surface area contributed by atoms with Crippen LogP contribution in [0.25, 0.3) is 0 Å². The average molecular weight is 220 g/mol. The molecule has 1 N–H and O–H groups in total. The smallest absolute Gasteiger partial charge is 0.427 e. The van der Waals surface area contributed by atoms with Gasteiger partial charge in [0.1, 0.15) is 0 Å². The number of amides is 1. The molecule has 86 valence electrons. The van der Waals surface area contributed by atoms with Crippen molar-refractivity contribution in [3.63, 3.8) is 0 Å². The topological polar surface area (TPSA) is 50.7 Å². The maximum atomic E-state index is 10.9. The molecule has 1 rings (SSSR count). The third kappa shape index (κ3) is 4.13. The third-order valence-corrected chi connectivity index (χ3v) is 2.03. The number of aryl methyl sites for hydroxylation is 1. The van der Waals surface area contributed by atoms with Crippen LogP contribution in [0.15, 0.2) is 29.4 Å². The highest BCUT2D eigenvalue weighted by Gasteiger charge is 1.95. The minimum Gasteiger partial charge on any atom is -0.449 e. The fraction of sp³-hybridized carbons (Fsp3) is 0.333. The number of nitrogens with one attached hydrogen (secondary N) is 1. The van der Waals surface area contributed by atoms with Crippen molar-refractivity contribution in [2.75, 3.05) is 6.61 Å². The van der Waals surface area contributed by atoms with Crippen LogP contribution in [0, 0.1) is 0 Å². The molecule has 0 aliphatic heterocycles. The summed E-state index contributed by atoms with van der Waals surface area (Å²) in [7, 11) is 0. The van der Waals surface area contributed by atoms with E-state index in [1.165, 1.54) is 5.56 Å². The van der Waals surface area contributed by atoms with Crippen LogP contribution in [-0.4, -0.2) is 18.9 Å². The quantitative estimate of drug-likeness (QED) is 0.625. The van der Waals surface area contributed by atoms with Gasteiger partial charge in [0.05, 0.1) is 12.8 Å². The lowest BCUT2D eigenvalue weighted by atomic mass is 10.1. The molecule has 0 bridgehead atoms. The summed E-state index contributed by atoms with van der Waals surface area (Å²) in [5, 5.41) is 3.77. The highest BCUT2D eigenvalue weighted by molar-refractivity contribution is 5.80. The van der Waals surface area contributed by atoms with Crippen molar-refractivity contribution in [2.24, 2.45) is 5.10 Å². The number of hydrogen-bond acceptors (Lipinski definition) is 3. The molecule has 0 heterocycles. The van der Waals surface area contributed by atoms with Gasteiger partial charge in [0.2, 0.25) is 0 Å². The summed E-state index contributed by atoms with van der Waals surface area (Å²) in [6.45, 7) is 4.19. The number of hydrazone groups is 1. The van der Waals surface area contributed by atoms with Gasteiger partial charge in [0.25, 0.3) is 0 Å². The molecule has 0 aliphatic carbocycles. The Labute approximate surface area is 95.3 Å². The van der Waals surface area contributed by atoms with Gasteiger partial charge in [-0.25, -0.2) is 10.2 Å². The molecule has 0 unspecified atom stereocenters. The SMILES string of the molecule is CCOC(=O)N/N=C\c1ccc(CC)cc1. The van der Waals surface area contributed by atoms with E-state index in [4.69, 9.17) is 0 Å². The first-order chi connectivity index (χ1) is 7.76. The summed E-state index contributed by atoms with van der Waals surface area (Å²) < 4.78 is 4.65. The Hall–Kier alpha value is -1.84. The van der Waals surface area contributed by atoms with Gasteiger partial charge in [-0.15, -0.1) is 0 Å². The largest absolute Gasteiger partial charge is 0.449 e. The van der Waals surface area contributed by atoms with Gasteiger partial charge >= 0.3 is 6.09 Å². The molecule has 16 heavy (non-hydrogen) atoms. The summed E-state index contributed by atoms with van der Waals surface area (Å²) in [6, 6.07) is 7.97. The predicted octanol–water partition coefficient (Wildman–Crippen LogP) is 2.33. The molecule has 0 saturated heterocycles. The number of carbonyl (C=O) groups excluding carboxylic acids is 1. The van der Waals surface area contributed by atoms with Crippen molar-refractivity contribution in [1.29, 1.82) is 0 Å². The van der Waals surface area contributed by atoms with Crippen LogP contribution in [0.2, 0.25) is 0 Å². The van der Waals surface area contributed by atoms with Crippen LogP contribution in [0.1, 0.15) is 25.0 Å². The van der Waals surface area contributed by atoms with E-state index in [0.717, 1.165) is 12.0 Å². The van der Waals surface area contributed by atoms with E-state index in [1.807, 2.05) is 24.3 Å². The van der Waals surface area contributed by atoms with Gasteiger partial charge in [-0.05, 0) is 24.5 Å². The van der Waals surface area contributed by atoms with Crippen molar-refractivity contribution >= 4 is 12.3 Å². The van der Waals surface area contributed by atoms with Gasteiger partial charge in [-0.2, -0.15) is 5.10 Å². The maximum absolute atomic E-state index is 10.9. The molecule has 0 aliphatic rings. The number of ether oxygens (including phenoxy) is 1. The molecule has 0 saturated carbocycles. The van der Waals surface area contributed by atoms with Crippen molar-refractivity contribution < 1.29 is 9.53 Å². The first-order valence-corrected chi connectivity index (χ1v) is 5.31. The van der Waals surface area contributed by atoms with Crippen molar-refractivity contribution in [3.8, 4) is 0 Å².